The Morgan fingerprint density at radius 3 is 2.68 bits per heavy atom. The van der Waals surface area contributed by atoms with E-state index in [-0.39, 0.29) is 42.0 Å². The van der Waals surface area contributed by atoms with Gasteiger partial charge in [-0.25, -0.2) is 4.98 Å². The number of carbonyl (C=O) groups excluding carboxylic acids is 1. The van der Waals surface area contributed by atoms with E-state index in [1.54, 1.807) is 18.4 Å². The second-order valence-corrected chi connectivity index (χ2v) is 7.85. The summed E-state index contributed by atoms with van der Waals surface area (Å²) < 4.78 is 1.09. The highest BCUT2D eigenvalue weighted by atomic mass is 127. The molecule has 0 atom stereocenters. The molecule has 25 heavy (non-hydrogen) atoms. The molecule has 138 valence electrons. The number of thiazole rings is 1. The van der Waals surface area contributed by atoms with Crippen molar-refractivity contribution in [1.29, 1.82) is 0 Å². The zero-order chi connectivity index (χ0) is 17.7. The lowest BCUT2D eigenvalue weighted by Gasteiger charge is -2.21. The molecule has 2 aromatic rings. The van der Waals surface area contributed by atoms with Gasteiger partial charge in [-0.1, -0.05) is 11.6 Å². The van der Waals surface area contributed by atoms with Gasteiger partial charge in [0.15, 0.2) is 5.96 Å². The number of nitrogens with one attached hydrogen (secondary N) is 3. The first kappa shape index (κ1) is 21.9. The van der Waals surface area contributed by atoms with Crippen LogP contribution in [0, 0.1) is 0 Å². The molecule has 0 saturated heterocycles. The fourth-order valence-corrected chi connectivity index (χ4v) is 3.08. The number of hydrogen-bond donors (Lipinski definition) is 3. The van der Waals surface area contributed by atoms with E-state index in [1.165, 1.54) is 0 Å². The van der Waals surface area contributed by atoms with Gasteiger partial charge in [0.1, 0.15) is 5.01 Å². The molecule has 0 aliphatic rings. The summed E-state index contributed by atoms with van der Waals surface area (Å²) in [5, 5.41) is 10.6. The van der Waals surface area contributed by atoms with Crippen molar-refractivity contribution >= 4 is 69.0 Å². The van der Waals surface area contributed by atoms with Crippen LogP contribution in [0.25, 0.3) is 10.2 Å². The molecule has 1 amide bonds. The fourth-order valence-electron chi connectivity index (χ4n) is 2.03. The maximum Gasteiger partial charge on any atom is 0.239 e. The molecule has 0 radical (unpaired) electrons. The number of rotatable bonds is 4. The average Bonchev–Trinajstić information content (AvgIpc) is 2.87. The minimum Gasteiger partial charge on any atom is -0.350 e. The minimum absolute atomic E-state index is 0. The van der Waals surface area contributed by atoms with Crippen molar-refractivity contribution in [3.8, 4) is 0 Å². The molecule has 0 fully saturated rings. The Labute approximate surface area is 173 Å². The van der Waals surface area contributed by atoms with Gasteiger partial charge in [-0.3, -0.25) is 9.79 Å². The van der Waals surface area contributed by atoms with Crippen LogP contribution in [0.15, 0.2) is 23.2 Å². The molecule has 3 N–H and O–H groups in total. The monoisotopic (exact) mass is 495 g/mol. The highest BCUT2D eigenvalue weighted by molar-refractivity contribution is 14.0. The Morgan fingerprint density at radius 1 is 1.32 bits per heavy atom. The summed E-state index contributed by atoms with van der Waals surface area (Å²) in [5.74, 6) is 0.469. The molecule has 0 saturated carbocycles. The second-order valence-electron chi connectivity index (χ2n) is 6.30. The summed E-state index contributed by atoms with van der Waals surface area (Å²) in [6.45, 7) is 6.51. The summed E-state index contributed by atoms with van der Waals surface area (Å²) in [4.78, 5) is 20.5. The van der Waals surface area contributed by atoms with Gasteiger partial charge < -0.3 is 16.0 Å². The lowest BCUT2D eigenvalue weighted by atomic mass is 10.1. The summed E-state index contributed by atoms with van der Waals surface area (Å²) >= 11 is 7.57. The molecular formula is C16H23ClIN5OS. The number of amides is 1. The number of hydrogen-bond acceptors (Lipinski definition) is 4. The molecule has 0 bridgehead atoms. The molecule has 1 aromatic carbocycles. The maximum absolute atomic E-state index is 11.8. The van der Waals surface area contributed by atoms with E-state index in [4.69, 9.17) is 11.6 Å². The molecule has 0 spiro atoms. The first-order valence-corrected chi connectivity index (χ1v) is 8.77. The lowest BCUT2D eigenvalue weighted by Crippen LogP contribution is -2.48. The van der Waals surface area contributed by atoms with Crippen LogP contribution in [-0.4, -0.2) is 36.0 Å². The topological polar surface area (TPSA) is 78.4 Å². The number of carbonyl (C=O) groups is 1. The number of nitrogens with zero attached hydrogens (tertiary/aromatic N) is 2. The lowest BCUT2D eigenvalue weighted by molar-refractivity contribution is -0.121. The van der Waals surface area contributed by atoms with Crippen molar-refractivity contribution in [1.82, 2.24) is 20.9 Å². The molecule has 2 rings (SSSR count). The highest BCUT2D eigenvalue weighted by Crippen LogP contribution is 2.24. The van der Waals surface area contributed by atoms with Gasteiger partial charge in [0.05, 0.1) is 23.3 Å². The van der Waals surface area contributed by atoms with Crippen molar-refractivity contribution in [2.24, 2.45) is 4.99 Å². The SMILES string of the molecule is CN=C(NCC(=O)NC(C)(C)C)NCc1nc2cc(Cl)ccc2s1.I. The molecule has 1 aromatic heterocycles. The second kappa shape index (κ2) is 9.54. The smallest absolute Gasteiger partial charge is 0.239 e. The quantitative estimate of drug-likeness (QED) is 0.346. The number of aromatic nitrogens is 1. The number of halogens is 2. The zero-order valence-electron chi connectivity index (χ0n) is 14.6. The summed E-state index contributed by atoms with van der Waals surface area (Å²) in [6, 6.07) is 5.66. The van der Waals surface area contributed by atoms with Crippen molar-refractivity contribution < 1.29 is 4.79 Å². The third-order valence-corrected chi connectivity index (χ3v) is 4.23. The molecule has 0 aliphatic carbocycles. The van der Waals surface area contributed by atoms with Crippen LogP contribution in [-0.2, 0) is 11.3 Å². The molecule has 0 aliphatic heterocycles. The summed E-state index contributed by atoms with van der Waals surface area (Å²) in [7, 11) is 1.66. The van der Waals surface area contributed by atoms with E-state index >= 15 is 0 Å². The van der Waals surface area contributed by atoms with Crippen LogP contribution < -0.4 is 16.0 Å². The van der Waals surface area contributed by atoms with Crippen LogP contribution in [0.3, 0.4) is 0 Å². The van der Waals surface area contributed by atoms with E-state index in [0.29, 0.717) is 17.5 Å². The Kier molecular flexibility index (Phi) is 8.36. The van der Waals surface area contributed by atoms with Crippen LogP contribution >= 0.6 is 46.9 Å². The summed E-state index contributed by atoms with van der Waals surface area (Å²) in [6.07, 6.45) is 0. The van der Waals surface area contributed by atoms with Gasteiger partial charge in [0, 0.05) is 17.6 Å². The van der Waals surface area contributed by atoms with E-state index in [9.17, 15) is 4.79 Å². The van der Waals surface area contributed by atoms with Crippen molar-refractivity contribution in [3.63, 3.8) is 0 Å². The number of fused-ring (bicyclic) bond motifs is 1. The maximum atomic E-state index is 11.8. The van der Waals surface area contributed by atoms with E-state index in [0.717, 1.165) is 15.2 Å². The van der Waals surface area contributed by atoms with Gasteiger partial charge in [-0.05, 0) is 39.0 Å². The number of guanidine groups is 1. The normalized spacial score (nSPS) is 11.8. The molecule has 6 nitrogen and oxygen atoms in total. The van der Waals surface area contributed by atoms with E-state index in [1.807, 2.05) is 39.0 Å². The van der Waals surface area contributed by atoms with Gasteiger partial charge in [-0.15, -0.1) is 35.3 Å². The third-order valence-electron chi connectivity index (χ3n) is 2.96. The summed E-state index contributed by atoms with van der Waals surface area (Å²) in [5.41, 5.74) is 0.634. The predicted octanol–water partition coefficient (Wildman–Crippen LogP) is 3.15. The number of aliphatic imine (C=N–C) groups is 1. The highest BCUT2D eigenvalue weighted by Gasteiger charge is 2.13. The van der Waals surface area contributed by atoms with Crippen molar-refractivity contribution in [3.05, 3.63) is 28.2 Å². The Hall–Kier alpha value is -1.13. The minimum atomic E-state index is -0.252. The van der Waals surface area contributed by atoms with Crippen LogP contribution in [0.2, 0.25) is 5.02 Å². The largest absolute Gasteiger partial charge is 0.350 e. The fraction of sp³-hybridized carbons (Fsp3) is 0.438. The molecule has 9 heteroatoms. The molecular weight excluding hydrogens is 473 g/mol. The Balaban J connectivity index is 0.00000312. The molecule has 1 heterocycles. The third kappa shape index (κ3) is 7.33. The Bertz CT molecular complexity index is 757. The van der Waals surface area contributed by atoms with Gasteiger partial charge in [-0.2, -0.15) is 0 Å². The van der Waals surface area contributed by atoms with Crippen molar-refractivity contribution in [2.75, 3.05) is 13.6 Å². The van der Waals surface area contributed by atoms with Crippen LogP contribution in [0.5, 0.6) is 0 Å². The van der Waals surface area contributed by atoms with E-state index in [2.05, 4.69) is 25.9 Å². The Morgan fingerprint density at radius 2 is 2.04 bits per heavy atom. The zero-order valence-corrected chi connectivity index (χ0v) is 18.5. The van der Waals surface area contributed by atoms with Crippen LogP contribution in [0.1, 0.15) is 25.8 Å². The average molecular weight is 496 g/mol. The number of benzene rings is 1. The van der Waals surface area contributed by atoms with Gasteiger partial charge in [0.25, 0.3) is 0 Å². The standard InChI is InChI=1S/C16H22ClN5OS.HI/c1-16(2,3)22-13(23)8-19-15(18-4)20-9-14-21-11-7-10(17)5-6-12(11)24-14;/h5-7H,8-9H2,1-4H3,(H,22,23)(H2,18,19,20);1H. The van der Waals surface area contributed by atoms with Gasteiger partial charge in [0.2, 0.25) is 5.91 Å². The first-order chi connectivity index (χ1) is 11.3. The van der Waals surface area contributed by atoms with Gasteiger partial charge >= 0.3 is 0 Å². The van der Waals surface area contributed by atoms with Crippen molar-refractivity contribution in [2.45, 2.75) is 32.9 Å². The van der Waals surface area contributed by atoms with E-state index < -0.39 is 0 Å². The predicted molar refractivity (Wildman–Crippen MR) is 116 cm³/mol. The first-order valence-electron chi connectivity index (χ1n) is 7.57. The molecule has 0 unspecified atom stereocenters. The van der Waals surface area contributed by atoms with Crippen LogP contribution in [0.4, 0.5) is 0 Å².